The molecule has 0 rings (SSSR count). The summed E-state index contributed by atoms with van der Waals surface area (Å²) < 4.78 is 16.4. The molecule has 0 N–H and O–H groups in total. The van der Waals surface area contributed by atoms with Crippen molar-refractivity contribution in [1.82, 2.24) is 0 Å². The molecule has 0 aromatic rings. The molecule has 0 aromatic heterocycles. The van der Waals surface area contributed by atoms with E-state index in [9.17, 15) is 0 Å². The first kappa shape index (κ1) is 12.1. The molecule has 0 aliphatic rings. The number of hydrogen-bond acceptors (Lipinski definition) is 3. The highest BCUT2D eigenvalue weighted by Gasteiger charge is 2.43. The van der Waals surface area contributed by atoms with Gasteiger partial charge in [-0.2, -0.15) is 0 Å². The van der Waals surface area contributed by atoms with Gasteiger partial charge >= 0.3 is 8.80 Å². The van der Waals surface area contributed by atoms with Crippen LogP contribution < -0.4 is 0 Å². The smallest absolute Gasteiger partial charge is 0.377 e. The molecule has 0 atom stereocenters. The molecule has 74 valence electrons. The third kappa shape index (κ3) is 2.86. The van der Waals surface area contributed by atoms with Crippen LogP contribution in [0.4, 0.5) is 0 Å². The molecule has 0 fully saturated rings. The molecule has 0 amide bonds. The molecule has 0 aromatic carbocycles. The van der Waals surface area contributed by atoms with Crippen molar-refractivity contribution in [2.45, 2.75) is 39.3 Å². The minimum Gasteiger partial charge on any atom is -0.377 e. The Morgan fingerprint density at radius 2 is 1.33 bits per heavy atom. The van der Waals surface area contributed by atoms with E-state index in [0.29, 0.717) is 5.54 Å². The van der Waals surface area contributed by atoms with Crippen molar-refractivity contribution in [3.05, 3.63) is 0 Å². The normalized spacial score (nSPS) is 13.0. The van der Waals surface area contributed by atoms with E-state index in [1.807, 2.05) is 13.8 Å². The Kier molecular flexibility index (Phi) is 5.00. The summed E-state index contributed by atoms with van der Waals surface area (Å²) in [5, 5.41) is 0. The summed E-state index contributed by atoms with van der Waals surface area (Å²) in [6, 6.07) is 0. The van der Waals surface area contributed by atoms with E-state index in [-0.39, 0.29) is 6.10 Å². The Hall–Kier alpha value is 0.0969. The minimum atomic E-state index is -2.38. The first-order valence-corrected chi connectivity index (χ1v) is 6.06. The largest absolute Gasteiger partial charge is 0.503 e. The lowest BCUT2D eigenvalue weighted by molar-refractivity contribution is 0.0631. The van der Waals surface area contributed by atoms with E-state index < -0.39 is 8.80 Å². The van der Waals surface area contributed by atoms with Crippen LogP contribution >= 0.6 is 0 Å². The van der Waals surface area contributed by atoms with Gasteiger partial charge in [0.2, 0.25) is 0 Å². The molecular weight excluding hydrogens is 172 g/mol. The number of hydrogen-bond donors (Lipinski definition) is 0. The summed E-state index contributed by atoms with van der Waals surface area (Å²) in [4.78, 5) is 0. The van der Waals surface area contributed by atoms with Crippen molar-refractivity contribution in [2.75, 3.05) is 14.2 Å². The van der Waals surface area contributed by atoms with E-state index in [4.69, 9.17) is 13.3 Å². The maximum atomic E-state index is 5.69. The third-order valence-corrected chi connectivity index (χ3v) is 5.03. The number of rotatable bonds is 5. The van der Waals surface area contributed by atoms with E-state index >= 15 is 0 Å². The fourth-order valence-electron chi connectivity index (χ4n) is 1.12. The van der Waals surface area contributed by atoms with Crippen molar-refractivity contribution >= 4 is 8.80 Å². The van der Waals surface area contributed by atoms with Gasteiger partial charge in [0.1, 0.15) is 0 Å². The predicted octanol–water partition coefficient (Wildman–Crippen LogP) is 2.05. The molecule has 0 saturated heterocycles. The fourth-order valence-corrected chi connectivity index (χ4v) is 3.35. The first-order valence-electron chi connectivity index (χ1n) is 4.26. The van der Waals surface area contributed by atoms with Crippen LogP contribution in [0, 0.1) is 0 Å². The van der Waals surface area contributed by atoms with E-state index in [1.54, 1.807) is 14.2 Å². The van der Waals surface area contributed by atoms with Crippen LogP contribution in [0.5, 0.6) is 0 Å². The highest BCUT2D eigenvalue weighted by atomic mass is 28.4. The quantitative estimate of drug-likeness (QED) is 0.624. The summed E-state index contributed by atoms with van der Waals surface area (Å²) in [5.41, 5.74) is 0.301. The highest BCUT2D eigenvalue weighted by molar-refractivity contribution is 6.62. The summed E-state index contributed by atoms with van der Waals surface area (Å²) in [7, 11) is 0.918. The Morgan fingerprint density at radius 3 is 1.42 bits per heavy atom. The van der Waals surface area contributed by atoms with Gasteiger partial charge in [-0.3, -0.25) is 0 Å². The molecule has 12 heavy (non-hydrogen) atoms. The first-order chi connectivity index (χ1) is 5.48. The SMILES string of the molecule is CO[Si](OC)(OC(C)C)C(C)C. The average molecular weight is 192 g/mol. The predicted molar refractivity (Wildman–Crippen MR) is 51.1 cm³/mol. The molecule has 0 unspecified atom stereocenters. The van der Waals surface area contributed by atoms with Crippen LogP contribution in [0.3, 0.4) is 0 Å². The molecule has 0 radical (unpaired) electrons. The zero-order valence-electron chi connectivity index (χ0n) is 8.88. The molecule has 4 heteroatoms. The average Bonchev–Trinajstić information content (AvgIpc) is 1.99. The Bertz CT molecular complexity index is 121. The van der Waals surface area contributed by atoms with E-state index in [1.165, 1.54) is 0 Å². The molecule has 0 heterocycles. The summed E-state index contributed by atoms with van der Waals surface area (Å²) in [5.74, 6) is 0. The van der Waals surface area contributed by atoms with Crippen molar-refractivity contribution in [3.8, 4) is 0 Å². The fraction of sp³-hybridized carbons (Fsp3) is 1.00. The van der Waals surface area contributed by atoms with Gasteiger partial charge in [0.15, 0.2) is 0 Å². The van der Waals surface area contributed by atoms with Crippen molar-refractivity contribution < 1.29 is 13.3 Å². The monoisotopic (exact) mass is 192 g/mol. The molecule has 0 aliphatic carbocycles. The maximum Gasteiger partial charge on any atom is 0.503 e. The van der Waals surface area contributed by atoms with Gasteiger partial charge in [0.25, 0.3) is 0 Å². The van der Waals surface area contributed by atoms with Crippen molar-refractivity contribution in [3.63, 3.8) is 0 Å². The van der Waals surface area contributed by atoms with Gasteiger partial charge in [-0.15, -0.1) is 0 Å². The standard InChI is InChI=1S/C8H20O3Si/c1-7(2)11-12(9-5,10-6)8(3)4/h7-8H,1-6H3. The third-order valence-electron chi connectivity index (χ3n) is 1.68. The van der Waals surface area contributed by atoms with Crippen LogP contribution in [0.15, 0.2) is 0 Å². The van der Waals surface area contributed by atoms with Gasteiger partial charge in [-0.1, -0.05) is 13.8 Å². The lowest BCUT2D eigenvalue weighted by atomic mass is 10.5. The molecule has 0 saturated carbocycles. The zero-order valence-corrected chi connectivity index (χ0v) is 9.88. The van der Waals surface area contributed by atoms with Crippen LogP contribution in [0.1, 0.15) is 27.7 Å². The van der Waals surface area contributed by atoms with Crippen molar-refractivity contribution in [2.24, 2.45) is 0 Å². The Morgan fingerprint density at radius 1 is 0.917 bits per heavy atom. The van der Waals surface area contributed by atoms with Crippen LogP contribution in [-0.2, 0) is 13.3 Å². The van der Waals surface area contributed by atoms with Crippen LogP contribution in [0.2, 0.25) is 5.54 Å². The Labute approximate surface area is 76.4 Å². The van der Waals surface area contributed by atoms with Gasteiger partial charge in [0.05, 0.1) is 0 Å². The van der Waals surface area contributed by atoms with Gasteiger partial charge in [-0.25, -0.2) is 0 Å². The second-order valence-electron chi connectivity index (χ2n) is 3.33. The second-order valence-corrected chi connectivity index (χ2v) is 6.75. The second kappa shape index (κ2) is 4.96. The van der Waals surface area contributed by atoms with Crippen LogP contribution in [0.25, 0.3) is 0 Å². The summed E-state index contributed by atoms with van der Waals surface area (Å²) in [6.45, 7) is 8.09. The van der Waals surface area contributed by atoms with E-state index in [2.05, 4.69) is 13.8 Å². The summed E-state index contributed by atoms with van der Waals surface area (Å²) in [6.07, 6.45) is 0.152. The lowest BCUT2D eigenvalue weighted by Crippen LogP contribution is -2.48. The van der Waals surface area contributed by atoms with Crippen LogP contribution in [-0.4, -0.2) is 29.1 Å². The Balaban J connectivity index is 4.35. The highest BCUT2D eigenvalue weighted by Crippen LogP contribution is 2.24. The van der Waals surface area contributed by atoms with Crippen molar-refractivity contribution in [1.29, 1.82) is 0 Å². The lowest BCUT2D eigenvalue weighted by Gasteiger charge is -2.31. The maximum absolute atomic E-state index is 5.69. The molecule has 0 bridgehead atoms. The van der Waals surface area contributed by atoms with Gasteiger partial charge < -0.3 is 13.3 Å². The minimum absolute atomic E-state index is 0.152. The zero-order chi connectivity index (χ0) is 9.78. The van der Waals surface area contributed by atoms with Gasteiger partial charge in [0, 0.05) is 25.9 Å². The molecular formula is C8H20O3Si. The topological polar surface area (TPSA) is 27.7 Å². The molecule has 0 spiro atoms. The molecule has 0 aliphatic heterocycles. The van der Waals surface area contributed by atoms with Gasteiger partial charge in [-0.05, 0) is 13.8 Å². The molecule has 3 nitrogen and oxygen atoms in total. The summed E-state index contributed by atoms with van der Waals surface area (Å²) >= 11 is 0. The van der Waals surface area contributed by atoms with E-state index in [0.717, 1.165) is 0 Å².